The lowest BCUT2D eigenvalue weighted by atomic mass is 10.1. The van der Waals surface area contributed by atoms with E-state index in [0.29, 0.717) is 6.54 Å². The van der Waals surface area contributed by atoms with Gasteiger partial charge in [-0.25, -0.2) is 4.99 Å². The highest BCUT2D eigenvalue weighted by Gasteiger charge is 2.11. The van der Waals surface area contributed by atoms with E-state index in [-0.39, 0.29) is 5.91 Å². The lowest BCUT2D eigenvalue weighted by Gasteiger charge is -2.18. The lowest BCUT2D eigenvalue weighted by molar-refractivity contribution is 0.0773. The molecule has 0 atom stereocenters. The zero-order chi connectivity index (χ0) is 17.1. The molecule has 0 aliphatic carbocycles. The molecule has 0 aromatic heterocycles. The smallest absolute Gasteiger partial charge is 0.253 e. The van der Waals surface area contributed by atoms with Crippen LogP contribution in [0.5, 0.6) is 0 Å². The van der Waals surface area contributed by atoms with Gasteiger partial charge in [0, 0.05) is 31.7 Å². The van der Waals surface area contributed by atoms with Gasteiger partial charge in [0.25, 0.3) is 5.91 Å². The molecule has 0 fully saturated rings. The van der Waals surface area contributed by atoms with Crippen molar-refractivity contribution < 1.29 is 4.79 Å². The van der Waals surface area contributed by atoms with Crippen LogP contribution in [0.15, 0.2) is 29.3 Å². The number of hydrogen-bond donors (Lipinski definition) is 2. The Morgan fingerprint density at radius 3 is 2.22 bits per heavy atom. The summed E-state index contributed by atoms with van der Waals surface area (Å²) < 4.78 is 0. The Morgan fingerprint density at radius 1 is 1.04 bits per heavy atom. The molecule has 1 rings (SSSR count). The fraction of sp³-hybridized carbons (Fsp3) is 0.556. The minimum Gasteiger partial charge on any atom is -0.357 e. The first-order chi connectivity index (χ1) is 11.2. The van der Waals surface area contributed by atoms with Crippen molar-refractivity contribution in [3.8, 4) is 0 Å². The molecular formula is C18H30N4O. The van der Waals surface area contributed by atoms with Gasteiger partial charge in [0.15, 0.2) is 5.96 Å². The Hall–Kier alpha value is -2.04. The molecule has 0 saturated heterocycles. The molecule has 128 valence electrons. The van der Waals surface area contributed by atoms with Crippen molar-refractivity contribution in [1.82, 2.24) is 15.5 Å². The van der Waals surface area contributed by atoms with Crippen LogP contribution in [0.3, 0.4) is 0 Å². The Balaban J connectivity index is 2.70. The van der Waals surface area contributed by atoms with Gasteiger partial charge >= 0.3 is 0 Å². The van der Waals surface area contributed by atoms with Crippen molar-refractivity contribution >= 4 is 11.9 Å². The number of aliphatic imine (C=N–C) groups is 1. The average molecular weight is 318 g/mol. The maximum absolute atomic E-state index is 12.3. The van der Waals surface area contributed by atoms with Crippen LogP contribution in [-0.2, 0) is 6.54 Å². The highest BCUT2D eigenvalue weighted by atomic mass is 16.2. The van der Waals surface area contributed by atoms with Gasteiger partial charge in [-0.1, -0.05) is 19.1 Å². The van der Waals surface area contributed by atoms with Crippen LogP contribution in [-0.4, -0.2) is 42.9 Å². The van der Waals surface area contributed by atoms with Crippen LogP contribution in [0.1, 0.15) is 50.0 Å². The second-order valence-corrected chi connectivity index (χ2v) is 5.30. The van der Waals surface area contributed by atoms with E-state index in [2.05, 4.69) is 29.5 Å². The lowest BCUT2D eigenvalue weighted by Crippen LogP contribution is -2.37. The number of nitrogens with zero attached hydrogens (tertiary/aromatic N) is 2. The number of nitrogens with one attached hydrogen (secondary N) is 2. The van der Waals surface area contributed by atoms with Gasteiger partial charge in [-0.3, -0.25) is 4.79 Å². The molecule has 0 spiro atoms. The summed E-state index contributed by atoms with van der Waals surface area (Å²) >= 11 is 0. The molecule has 0 saturated carbocycles. The first-order valence-electron chi connectivity index (χ1n) is 8.56. The Bertz CT molecular complexity index is 492. The van der Waals surface area contributed by atoms with Crippen LogP contribution in [0, 0.1) is 0 Å². The molecule has 0 heterocycles. The van der Waals surface area contributed by atoms with Crippen molar-refractivity contribution in [2.45, 2.75) is 40.7 Å². The first-order valence-corrected chi connectivity index (χ1v) is 8.56. The predicted molar refractivity (Wildman–Crippen MR) is 96.8 cm³/mol. The van der Waals surface area contributed by atoms with E-state index in [1.807, 2.05) is 43.0 Å². The number of amides is 1. The number of carbonyl (C=O) groups excluding carboxylic acids is 1. The largest absolute Gasteiger partial charge is 0.357 e. The molecule has 1 aromatic carbocycles. The standard InChI is InChI=1S/C18H30N4O/c1-5-13-20-18(19-6-2)21-14-15-9-11-16(12-10-15)17(23)22(7-3)8-4/h9-12H,5-8,13-14H2,1-4H3,(H2,19,20,21). The van der Waals surface area contributed by atoms with Crippen molar-refractivity contribution in [1.29, 1.82) is 0 Å². The van der Waals surface area contributed by atoms with Crippen molar-refractivity contribution in [2.24, 2.45) is 4.99 Å². The monoisotopic (exact) mass is 318 g/mol. The Labute approximate surface area is 140 Å². The number of guanidine groups is 1. The van der Waals surface area contributed by atoms with Crippen LogP contribution < -0.4 is 10.6 Å². The fourth-order valence-corrected chi connectivity index (χ4v) is 2.20. The summed E-state index contributed by atoms with van der Waals surface area (Å²) in [5.74, 6) is 0.917. The molecule has 23 heavy (non-hydrogen) atoms. The van der Waals surface area contributed by atoms with Crippen LogP contribution in [0.2, 0.25) is 0 Å². The molecule has 1 aromatic rings. The quantitative estimate of drug-likeness (QED) is 0.572. The summed E-state index contributed by atoms with van der Waals surface area (Å²) in [5, 5.41) is 6.50. The van der Waals surface area contributed by atoms with Gasteiger partial charge in [0.05, 0.1) is 6.54 Å². The molecule has 5 nitrogen and oxygen atoms in total. The molecule has 0 aliphatic rings. The zero-order valence-corrected chi connectivity index (χ0v) is 14.9. The van der Waals surface area contributed by atoms with Crippen LogP contribution >= 0.6 is 0 Å². The van der Waals surface area contributed by atoms with Crippen molar-refractivity contribution in [3.63, 3.8) is 0 Å². The van der Waals surface area contributed by atoms with Gasteiger partial charge in [0.2, 0.25) is 0 Å². The Kier molecular flexibility index (Phi) is 8.80. The third kappa shape index (κ3) is 6.30. The highest BCUT2D eigenvalue weighted by Crippen LogP contribution is 2.09. The number of benzene rings is 1. The van der Waals surface area contributed by atoms with Crippen LogP contribution in [0.4, 0.5) is 0 Å². The molecule has 5 heteroatoms. The average Bonchev–Trinajstić information content (AvgIpc) is 2.58. The summed E-state index contributed by atoms with van der Waals surface area (Å²) in [6.07, 6.45) is 1.06. The van der Waals surface area contributed by atoms with Crippen LogP contribution in [0.25, 0.3) is 0 Å². The fourth-order valence-electron chi connectivity index (χ4n) is 2.20. The van der Waals surface area contributed by atoms with Gasteiger partial charge in [-0.05, 0) is 44.9 Å². The number of hydrogen-bond acceptors (Lipinski definition) is 2. The molecule has 0 radical (unpaired) electrons. The second-order valence-electron chi connectivity index (χ2n) is 5.30. The summed E-state index contributed by atoms with van der Waals surface area (Å²) in [7, 11) is 0. The van der Waals surface area contributed by atoms with E-state index in [9.17, 15) is 4.79 Å². The summed E-state index contributed by atoms with van der Waals surface area (Å²) in [5.41, 5.74) is 1.83. The minimum atomic E-state index is 0.0861. The van der Waals surface area contributed by atoms with E-state index in [4.69, 9.17) is 0 Å². The topological polar surface area (TPSA) is 56.7 Å². The maximum Gasteiger partial charge on any atom is 0.253 e. The SMILES string of the molecule is CCCNC(=NCc1ccc(C(=O)N(CC)CC)cc1)NCC. The zero-order valence-electron chi connectivity index (χ0n) is 14.9. The maximum atomic E-state index is 12.3. The number of carbonyl (C=O) groups is 1. The summed E-state index contributed by atoms with van der Waals surface area (Å²) in [4.78, 5) is 18.7. The third-order valence-electron chi connectivity index (χ3n) is 3.56. The van der Waals surface area contributed by atoms with E-state index in [0.717, 1.165) is 49.7 Å². The van der Waals surface area contributed by atoms with Gasteiger partial charge in [0.1, 0.15) is 0 Å². The van der Waals surface area contributed by atoms with E-state index in [1.54, 1.807) is 0 Å². The molecular weight excluding hydrogens is 288 g/mol. The number of rotatable bonds is 8. The van der Waals surface area contributed by atoms with E-state index in [1.165, 1.54) is 0 Å². The summed E-state index contributed by atoms with van der Waals surface area (Å²) in [6.45, 7) is 12.0. The normalized spacial score (nSPS) is 11.2. The molecule has 0 aliphatic heterocycles. The molecule has 0 unspecified atom stereocenters. The molecule has 2 N–H and O–H groups in total. The van der Waals surface area contributed by atoms with Crippen molar-refractivity contribution in [3.05, 3.63) is 35.4 Å². The summed E-state index contributed by atoms with van der Waals surface area (Å²) in [6, 6.07) is 7.73. The van der Waals surface area contributed by atoms with E-state index >= 15 is 0 Å². The second kappa shape index (κ2) is 10.6. The minimum absolute atomic E-state index is 0.0861. The van der Waals surface area contributed by atoms with Gasteiger partial charge in [-0.15, -0.1) is 0 Å². The Morgan fingerprint density at radius 2 is 1.70 bits per heavy atom. The first kappa shape index (κ1) is 19.0. The third-order valence-corrected chi connectivity index (χ3v) is 3.56. The van der Waals surface area contributed by atoms with Crippen molar-refractivity contribution in [2.75, 3.05) is 26.2 Å². The predicted octanol–water partition coefficient (Wildman–Crippen LogP) is 2.63. The highest BCUT2D eigenvalue weighted by molar-refractivity contribution is 5.94. The van der Waals surface area contributed by atoms with Gasteiger partial charge < -0.3 is 15.5 Å². The van der Waals surface area contributed by atoms with E-state index < -0.39 is 0 Å². The van der Waals surface area contributed by atoms with Gasteiger partial charge in [-0.2, -0.15) is 0 Å². The molecule has 1 amide bonds. The molecule has 0 bridgehead atoms.